The molecule has 1 atom stereocenters. The molecule has 2 N–H and O–H groups in total. The summed E-state index contributed by atoms with van der Waals surface area (Å²) in [7, 11) is 1.87. The summed E-state index contributed by atoms with van der Waals surface area (Å²) in [6.07, 6.45) is 3.31. The number of carbonyl (C=O) groups is 1. The van der Waals surface area contributed by atoms with Crippen molar-refractivity contribution < 1.29 is 4.79 Å². The van der Waals surface area contributed by atoms with E-state index in [0.29, 0.717) is 12.1 Å². The van der Waals surface area contributed by atoms with Crippen LogP contribution in [0.2, 0.25) is 0 Å². The molecule has 5 heteroatoms. The van der Waals surface area contributed by atoms with Crippen LogP contribution >= 0.6 is 0 Å². The number of likely N-dealkylation sites (N-methyl/N-ethyl adjacent to an activating group) is 1. The lowest BCUT2D eigenvalue weighted by Gasteiger charge is -2.10. The maximum atomic E-state index is 11.9. The fourth-order valence-electron chi connectivity index (χ4n) is 1.61. The van der Waals surface area contributed by atoms with Crippen LogP contribution in [0, 0.1) is 0 Å². The van der Waals surface area contributed by atoms with E-state index in [0.717, 1.165) is 5.69 Å². The molecular weight excluding hydrogens is 240 g/mol. The van der Waals surface area contributed by atoms with Gasteiger partial charge in [0.1, 0.15) is 0 Å². The average Bonchev–Trinajstić information content (AvgIpc) is 2.95. The summed E-state index contributed by atoms with van der Waals surface area (Å²) in [6, 6.07) is 9.94. The quantitative estimate of drug-likeness (QED) is 0.847. The lowest BCUT2D eigenvalue weighted by Crippen LogP contribution is -2.37. The summed E-state index contributed by atoms with van der Waals surface area (Å²) in [5.41, 5.74) is 1.50. The van der Waals surface area contributed by atoms with Crippen LogP contribution < -0.4 is 10.6 Å². The molecule has 1 amide bonds. The molecule has 0 aliphatic heterocycles. The Bertz CT molecular complexity index is 535. The number of benzene rings is 1. The SMILES string of the molecule is CNC(C)CNC(=O)c1cnn(-c2ccccc2)c1. The van der Waals surface area contributed by atoms with Gasteiger partial charge in [-0.1, -0.05) is 18.2 Å². The zero-order valence-corrected chi connectivity index (χ0v) is 11.1. The molecule has 19 heavy (non-hydrogen) atoms. The first-order chi connectivity index (χ1) is 9.20. The van der Waals surface area contributed by atoms with Crippen molar-refractivity contribution in [2.75, 3.05) is 13.6 Å². The van der Waals surface area contributed by atoms with Crippen molar-refractivity contribution in [2.45, 2.75) is 13.0 Å². The monoisotopic (exact) mass is 258 g/mol. The van der Waals surface area contributed by atoms with Crippen molar-refractivity contribution in [3.05, 3.63) is 48.3 Å². The number of hydrogen-bond acceptors (Lipinski definition) is 3. The maximum Gasteiger partial charge on any atom is 0.254 e. The molecule has 0 aliphatic rings. The topological polar surface area (TPSA) is 58.9 Å². The predicted molar refractivity (Wildman–Crippen MR) is 74.4 cm³/mol. The summed E-state index contributed by atoms with van der Waals surface area (Å²) in [4.78, 5) is 11.9. The second kappa shape index (κ2) is 6.15. The van der Waals surface area contributed by atoms with Crippen LogP contribution in [0.5, 0.6) is 0 Å². The number of carbonyl (C=O) groups excluding carboxylic acids is 1. The zero-order valence-electron chi connectivity index (χ0n) is 11.1. The lowest BCUT2D eigenvalue weighted by molar-refractivity contribution is 0.0950. The first-order valence-electron chi connectivity index (χ1n) is 6.26. The first-order valence-corrected chi connectivity index (χ1v) is 6.26. The van der Waals surface area contributed by atoms with Crippen LogP contribution in [-0.2, 0) is 0 Å². The summed E-state index contributed by atoms with van der Waals surface area (Å²) in [5, 5.41) is 10.1. The van der Waals surface area contributed by atoms with Crippen LogP contribution in [0.25, 0.3) is 5.69 Å². The fraction of sp³-hybridized carbons (Fsp3) is 0.286. The third-order valence-corrected chi connectivity index (χ3v) is 2.93. The molecule has 100 valence electrons. The van der Waals surface area contributed by atoms with E-state index in [1.165, 1.54) is 0 Å². The molecule has 1 aromatic carbocycles. The van der Waals surface area contributed by atoms with Crippen molar-refractivity contribution >= 4 is 5.91 Å². The fourth-order valence-corrected chi connectivity index (χ4v) is 1.61. The standard InChI is InChI=1S/C14H18N4O/c1-11(15-2)8-16-14(19)12-9-17-18(10-12)13-6-4-3-5-7-13/h3-7,9-11,15H,8H2,1-2H3,(H,16,19). The Morgan fingerprint density at radius 3 is 2.79 bits per heavy atom. The summed E-state index contributed by atoms with van der Waals surface area (Å²) in [5.74, 6) is -0.107. The van der Waals surface area contributed by atoms with Crippen LogP contribution in [0.3, 0.4) is 0 Å². The maximum absolute atomic E-state index is 11.9. The Balaban J connectivity index is 2.03. The van der Waals surface area contributed by atoms with E-state index < -0.39 is 0 Å². The number of nitrogens with one attached hydrogen (secondary N) is 2. The molecule has 5 nitrogen and oxygen atoms in total. The molecule has 1 aromatic heterocycles. The normalized spacial score (nSPS) is 12.1. The van der Waals surface area contributed by atoms with E-state index in [1.54, 1.807) is 17.1 Å². The van der Waals surface area contributed by atoms with Gasteiger partial charge in [-0.25, -0.2) is 4.68 Å². The van der Waals surface area contributed by atoms with Crippen LogP contribution in [0.15, 0.2) is 42.7 Å². The Kier molecular flexibility index (Phi) is 4.30. The molecule has 0 spiro atoms. The van der Waals surface area contributed by atoms with E-state index in [4.69, 9.17) is 0 Å². The molecule has 1 unspecified atom stereocenters. The van der Waals surface area contributed by atoms with E-state index in [2.05, 4.69) is 15.7 Å². The average molecular weight is 258 g/mol. The van der Waals surface area contributed by atoms with Gasteiger partial charge in [0.05, 0.1) is 17.4 Å². The molecule has 0 saturated heterocycles. The van der Waals surface area contributed by atoms with Crippen molar-refractivity contribution in [3.8, 4) is 5.69 Å². The van der Waals surface area contributed by atoms with Crippen LogP contribution in [0.1, 0.15) is 17.3 Å². The number of aromatic nitrogens is 2. The molecule has 0 aliphatic carbocycles. The van der Waals surface area contributed by atoms with E-state index in [-0.39, 0.29) is 11.9 Å². The van der Waals surface area contributed by atoms with Gasteiger partial charge in [0.25, 0.3) is 5.91 Å². The summed E-state index contributed by atoms with van der Waals surface area (Å²) >= 11 is 0. The highest BCUT2D eigenvalue weighted by Crippen LogP contribution is 2.07. The van der Waals surface area contributed by atoms with Crippen molar-refractivity contribution in [1.82, 2.24) is 20.4 Å². The summed E-state index contributed by atoms with van der Waals surface area (Å²) < 4.78 is 1.69. The van der Waals surface area contributed by atoms with Crippen LogP contribution in [-0.4, -0.2) is 35.3 Å². The van der Waals surface area contributed by atoms with Crippen molar-refractivity contribution in [3.63, 3.8) is 0 Å². The lowest BCUT2D eigenvalue weighted by atomic mass is 10.3. The summed E-state index contributed by atoms with van der Waals surface area (Å²) in [6.45, 7) is 2.60. The Labute approximate surface area is 112 Å². The third-order valence-electron chi connectivity index (χ3n) is 2.93. The second-order valence-electron chi connectivity index (χ2n) is 4.41. The van der Waals surface area contributed by atoms with Gasteiger partial charge in [-0.15, -0.1) is 0 Å². The number of nitrogens with zero attached hydrogens (tertiary/aromatic N) is 2. The molecule has 0 fully saturated rings. The number of amides is 1. The minimum Gasteiger partial charge on any atom is -0.350 e. The van der Waals surface area contributed by atoms with E-state index in [9.17, 15) is 4.79 Å². The second-order valence-corrected chi connectivity index (χ2v) is 4.41. The van der Waals surface area contributed by atoms with Gasteiger partial charge in [0.15, 0.2) is 0 Å². The molecule has 0 radical (unpaired) electrons. The Hall–Kier alpha value is -2.14. The van der Waals surface area contributed by atoms with Crippen molar-refractivity contribution in [2.24, 2.45) is 0 Å². The molecular formula is C14H18N4O. The molecule has 0 saturated carbocycles. The highest BCUT2D eigenvalue weighted by molar-refractivity contribution is 5.93. The van der Waals surface area contributed by atoms with Gasteiger partial charge in [0, 0.05) is 18.8 Å². The zero-order chi connectivity index (χ0) is 13.7. The van der Waals surface area contributed by atoms with Crippen LogP contribution in [0.4, 0.5) is 0 Å². The van der Waals surface area contributed by atoms with Gasteiger partial charge >= 0.3 is 0 Å². The van der Waals surface area contributed by atoms with Gasteiger partial charge in [-0.2, -0.15) is 5.10 Å². The number of rotatable bonds is 5. The van der Waals surface area contributed by atoms with Crippen molar-refractivity contribution in [1.29, 1.82) is 0 Å². The number of hydrogen-bond donors (Lipinski definition) is 2. The predicted octanol–water partition coefficient (Wildman–Crippen LogP) is 1.21. The Morgan fingerprint density at radius 2 is 2.11 bits per heavy atom. The Morgan fingerprint density at radius 1 is 1.37 bits per heavy atom. The molecule has 1 heterocycles. The number of para-hydroxylation sites is 1. The third kappa shape index (κ3) is 3.42. The smallest absolute Gasteiger partial charge is 0.254 e. The minimum absolute atomic E-state index is 0.107. The highest BCUT2D eigenvalue weighted by atomic mass is 16.1. The van der Waals surface area contributed by atoms with Gasteiger partial charge in [-0.3, -0.25) is 4.79 Å². The van der Waals surface area contributed by atoms with E-state index in [1.807, 2.05) is 44.3 Å². The molecule has 2 aromatic rings. The molecule has 2 rings (SSSR count). The largest absolute Gasteiger partial charge is 0.350 e. The minimum atomic E-state index is -0.107. The van der Waals surface area contributed by atoms with Gasteiger partial charge in [0.2, 0.25) is 0 Å². The van der Waals surface area contributed by atoms with Gasteiger partial charge in [-0.05, 0) is 26.1 Å². The molecule has 0 bridgehead atoms. The highest BCUT2D eigenvalue weighted by Gasteiger charge is 2.09. The first kappa shape index (κ1) is 13.3. The van der Waals surface area contributed by atoms with Gasteiger partial charge < -0.3 is 10.6 Å². The van der Waals surface area contributed by atoms with E-state index >= 15 is 0 Å².